The van der Waals surface area contributed by atoms with Gasteiger partial charge in [-0.1, -0.05) is 23.7 Å². The number of methoxy groups -OCH3 is 1. The Morgan fingerprint density at radius 3 is 2.47 bits per heavy atom. The van der Waals surface area contributed by atoms with E-state index < -0.39 is 0 Å². The van der Waals surface area contributed by atoms with Crippen molar-refractivity contribution >= 4 is 23.2 Å². The van der Waals surface area contributed by atoms with E-state index in [-0.39, 0.29) is 12.3 Å². The monoisotopic (exact) mass is 424 g/mol. The van der Waals surface area contributed by atoms with Crippen LogP contribution in [0.5, 0.6) is 11.5 Å². The number of hydrogen-bond donors (Lipinski definition) is 0. The van der Waals surface area contributed by atoms with Gasteiger partial charge in [0, 0.05) is 31.2 Å². The fraction of sp³-hybridized carbons (Fsp3) is 0.273. The van der Waals surface area contributed by atoms with Crippen molar-refractivity contribution in [1.82, 2.24) is 4.98 Å². The van der Waals surface area contributed by atoms with Crippen molar-refractivity contribution in [2.75, 3.05) is 43.1 Å². The van der Waals surface area contributed by atoms with Crippen LogP contribution in [0.25, 0.3) is 0 Å². The van der Waals surface area contributed by atoms with Crippen LogP contribution in [0.3, 0.4) is 0 Å². The highest BCUT2D eigenvalue weighted by Gasteiger charge is 2.25. The zero-order chi connectivity index (χ0) is 20.9. The molecule has 1 aliphatic rings. The Bertz CT molecular complexity index is 1040. The Labute approximate surface area is 180 Å². The SMILES string of the molecule is COc1ccccc1N1CCN(c2oc(COc3ccc(Cl)cc3)nc2C#N)CC1. The number of oxazole rings is 1. The van der Waals surface area contributed by atoms with Gasteiger partial charge in [0.05, 0.1) is 12.8 Å². The predicted octanol–water partition coefficient (Wildman–Crippen LogP) is 4.11. The zero-order valence-electron chi connectivity index (χ0n) is 16.5. The molecule has 0 unspecified atom stereocenters. The maximum atomic E-state index is 9.49. The maximum Gasteiger partial charge on any atom is 0.236 e. The van der Waals surface area contributed by atoms with Crippen LogP contribution in [0.1, 0.15) is 11.6 Å². The molecule has 3 aromatic rings. The predicted molar refractivity (Wildman–Crippen MR) is 114 cm³/mol. The second-order valence-electron chi connectivity index (χ2n) is 6.76. The van der Waals surface area contributed by atoms with E-state index in [0.29, 0.717) is 35.6 Å². The van der Waals surface area contributed by atoms with E-state index in [4.69, 9.17) is 25.5 Å². The smallest absolute Gasteiger partial charge is 0.236 e. The molecule has 4 rings (SSSR count). The van der Waals surface area contributed by atoms with Gasteiger partial charge in [0.25, 0.3) is 0 Å². The summed E-state index contributed by atoms with van der Waals surface area (Å²) in [4.78, 5) is 8.60. The van der Waals surface area contributed by atoms with Gasteiger partial charge in [-0.2, -0.15) is 10.2 Å². The second-order valence-corrected chi connectivity index (χ2v) is 7.20. The largest absolute Gasteiger partial charge is 0.495 e. The lowest BCUT2D eigenvalue weighted by atomic mass is 10.2. The molecule has 1 fully saturated rings. The standard InChI is InChI=1S/C22H21ClN4O3/c1-28-20-5-3-2-4-19(20)26-10-12-27(13-11-26)22-18(14-24)25-21(30-22)15-29-17-8-6-16(23)7-9-17/h2-9H,10-13,15H2,1H3. The molecule has 0 spiro atoms. The van der Waals surface area contributed by atoms with Crippen molar-refractivity contribution in [3.8, 4) is 17.6 Å². The van der Waals surface area contributed by atoms with Crippen molar-refractivity contribution in [2.45, 2.75) is 6.61 Å². The fourth-order valence-electron chi connectivity index (χ4n) is 3.42. The average Bonchev–Trinajstić information content (AvgIpc) is 3.22. The van der Waals surface area contributed by atoms with Crippen LogP contribution in [0.15, 0.2) is 52.9 Å². The molecule has 2 aromatic carbocycles. The van der Waals surface area contributed by atoms with Crippen LogP contribution < -0.4 is 19.3 Å². The Hall–Kier alpha value is -3.37. The lowest BCUT2D eigenvalue weighted by molar-refractivity contribution is 0.263. The number of piperazine rings is 1. The number of benzene rings is 2. The summed E-state index contributed by atoms with van der Waals surface area (Å²) in [7, 11) is 1.68. The number of anilines is 2. The molecular weight excluding hydrogens is 404 g/mol. The Balaban J connectivity index is 1.42. The van der Waals surface area contributed by atoms with Gasteiger partial charge < -0.3 is 23.7 Å². The van der Waals surface area contributed by atoms with Crippen LogP contribution in [0.2, 0.25) is 5.02 Å². The quantitative estimate of drug-likeness (QED) is 0.589. The summed E-state index contributed by atoms with van der Waals surface area (Å²) in [6.07, 6.45) is 0. The summed E-state index contributed by atoms with van der Waals surface area (Å²) in [6.45, 7) is 3.11. The van der Waals surface area contributed by atoms with Crippen molar-refractivity contribution in [3.63, 3.8) is 0 Å². The van der Waals surface area contributed by atoms with Crippen molar-refractivity contribution < 1.29 is 13.9 Å². The third kappa shape index (κ3) is 4.29. The first kappa shape index (κ1) is 19.9. The maximum absolute atomic E-state index is 9.49. The normalized spacial score (nSPS) is 13.8. The molecule has 0 bridgehead atoms. The molecule has 1 saturated heterocycles. The van der Waals surface area contributed by atoms with Gasteiger partial charge in [-0.25, -0.2) is 0 Å². The molecule has 7 nitrogen and oxygen atoms in total. The van der Waals surface area contributed by atoms with Crippen LogP contribution >= 0.6 is 11.6 Å². The number of para-hydroxylation sites is 2. The van der Waals surface area contributed by atoms with E-state index in [0.717, 1.165) is 24.5 Å². The molecule has 0 saturated carbocycles. The highest BCUT2D eigenvalue weighted by Crippen LogP contribution is 2.30. The molecule has 0 aliphatic carbocycles. The second kappa shape index (κ2) is 8.97. The molecule has 1 aliphatic heterocycles. The van der Waals surface area contributed by atoms with Gasteiger partial charge in [0.15, 0.2) is 6.61 Å². The molecular formula is C22H21ClN4O3. The Morgan fingerprint density at radius 1 is 1.07 bits per heavy atom. The lowest BCUT2D eigenvalue weighted by Gasteiger charge is -2.36. The van der Waals surface area contributed by atoms with Crippen LogP contribution in [0.4, 0.5) is 11.6 Å². The molecule has 0 atom stereocenters. The van der Waals surface area contributed by atoms with Crippen molar-refractivity contribution in [2.24, 2.45) is 0 Å². The van der Waals surface area contributed by atoms with E-state index in [9.17, 15) is 5.26 Å². The molecule has 8 heteroatoms. The van der Waals surface area contributed by atoms with E-state index in [1.54, 1.807) is 31.4 Å². The van der Waals surface area contributed by atoms with Gasteiger partial charge >= 0.3 is 0 Å². The summed E-state index contributed by atoms with van der Waals surface area (Å²) in [6, 6.07) is 17.1. The number of nitriles is 1. The molecule has 0 N–H and O–H groups in total. The minimum Gasteiger partial charge on any atom is -0.495 e. The lowest BCUT2D eigenvalue weighted by Crippen LogP contribution is -2.46. The summed E-state index contributed by atoms with van der Waals surface area (Å²) in [5, 5.41) is 10.1. The number of ether oxygens (including phenoxy) is 2. The summed E-state index contributed by atoms with van der Waals surface area (Å²) in [5.41, 5.74) is 1.34. The molecule has 1 aromatic heterocycles. The van der Waals surface area contributed by atoms with Gasteiger partial charge in [0.1, 0.15) is 17.6 Å². The average molecular weight is 425 g/mol. The molecule has 0 amide bonds. The molecule has 30 heavy (non-hydrogen) atoms. The highest BCUT2D eigenvalue weighted by molar-refractivity contribution is 6.30. The number of hydrogen-bond acceptors (Lipinski definition) is 7. The minimum absolute atomic E-state index is 0.136. The first-order valence-corrected chi connectivity index (χ1v) is 9.97. The van der Waals surface area contributed by atoms with E-state index in [2.05, 4.69) is 22.0 Å². The number of aromatic nitrogens is 1. The van der Waals surface area contributed by atoms with Crippen LogP contribution in [-0.4, -0.2) is 38.3 Å². The van der Waals surface area contributed by atoms with E-state index in [1.807, 2.05) is 23.1 Å². The van der Waals surface area contributed by atoms with Gasteiger partial charge in [-0.05, 0) is 36.4 Å². The third-order valence-electron chi connectivity index (χ3n) is 4.93. The minimum atomic E-state index is 0.136. The summed E-state index contributed by atoms with van der Waals surface area (Å²) >= 11 is 5.89. The fourth-order valence-corrected chi connectivity index (χ4v) is 3.55. The Kier molecular flexibility index (Phi) is 5.96. The number of rotatable bonds is 6. The van der Waals surface area contributed by atoms with Gasteiger partial charge in [-0.3, -0.25) is 0 Å². The topological polar surface area (TPSA) is 74.8 Å². The number of nitrogens with zero attached hydrogens (tertiary/aromatic N) is 4. The van der Waals surface area contributed by atoms with E-state index >= 15 is 0 Å². The first-order chi connectivity index (χ1) is 14.7. The number of halogens is 1. The summed E-state index contributed by atoms with van der Waals surface area (Å²) in [5.74, 6) is 2.36. The molecule has 154 valence electrons. The van der Waals surface area contributed by atoms with Crippen LogP contribution in [-0.2, 0) is 6.61 Å². The molecule has 2 heterocycles. The Morgan fingerprint density at radius 2 is 1.77 bits per heavy atom. The highest BCUT2D eigenvalue weighted by atomic mass is 35.5. The summed E-state index contributed by atoms with van der Waals surface area (Å²) < 4.78 is 17.0. The first-order valence-electron chi connectivity index (χ1n) is 9.59. The molecule has 0 radical (unpaired) electrons. The van der Waals surface area contributed by atoms with Gasteiger partial charge in [0.2, 0.25) is 17.5 Å². The van der Waals surface area contributed by atoms with Crippen LogP contribution in [0, 0.1) is 11.3 Å². The van der Waals surface area contributed by atoms with E-state index in [1.165, 1.54) is 0 Å². The van der Waals surface area contributed by atoms with Crippen molar-refractivity contribution in [3.05, 3.63) is 65.1 Å². The zero-order valence-corrected chi connectivity index (χ0v) is 17.3. The van der Waals surface area contributed by atoms with Crippen molar-refractivity contribution in [1.29, 1.82) is 5.26 Å². The van der Waals surface area contributed by atoms with Gasteiger partial charge in [-0.15, -0.1) is 0 Å². The third-order valence-corrected chi connectivity index (χ3v) is 5.18.